The van der Waals surface area contributed by atoms with Crippen LogP contribution in [0.5, 0.6) is 0 Å². The van der Waals surface area contributed by atoms with Crippen LogP contribution in [0.2, 0.25) is 0 Å². The molecule has 11 nitrogen and oxygen atoms in total. The van der Waals surface area contributed by atoms with Gasteiger partial charge in [-0.15, -0.1) is 0 Å². The van der Waals surface area contributed by atoms with Crippen LogP contribution in [0.1, 0.15) is 19.8 Å². The highest BCUT2D eigenvalue weighted by Gasteiger charge is 2.16. The van der Waals surface area contributed by atoms with Crippen LogP contribution < -0.4 is 16.0 Å². The molecule has 0 spiro atoms. The smallest absolute Gasteiger partial charge is 0.306 e. The summed E-state index contributed by atoms with van der Waals surface area (Å²) in [7, 11) is 0. The van der Waals surface area contributed by atoms with E-state index in [9.17, 15) is 24.0 Å². The first kappa shape index (κ1) is 23.8. The van der Waals surface area contributed by atoms with Crippen molar-refractivity contribution in [2.75, 3.05) is 32.2 Å². The lowest BCUT2D eigenvalue weighted by molar-refractivity contribution is -0.155. The van der Waals surface area contributed by atoms with Crippen molar-refractivity contribution >= 4 is 42.1 Å². The molecular formula is C14H23N3O8S. The van der Waals surface area contributed by atoms with Gasteiger partial charge in [0.1, 0.15) is 19.2 Å². The minimum atomic E-state index is -1.13. The molecule has 0 saturated heterocycles. The maximum Gasteiger partial charge on any atom is 0.306 e. The van der Waals surface area contributed by atoms with Crippen molar-refractivity contribution in [3.8, 4) is 0 Å². The first-order valence-electron chi connectivity index (χ1n) is 7.59. The number of ketones is 1. The highest BCUT2D eigenvalue weighted by Crippen LogP contribution is 1.96. The lowest BCUT2D eigenvalue weighted by Crippen LogP contribution is -2.47. The van der Waals surface area contributed by atoms with Gasteiger partial charge in [-0.25, -0.2) is 0 Å². The number of esters is 1. The average molecular weight is 393 g/mol. The van der Waals surface area contributed by atoms with Gasteiger partial charge >= 0.3 is 5.97 Å². The summed E-state index contributed by atoms with van der Waals surface area (Å²) in [5, 5.41) is 15.6. The zero-order valence-corrected chi connectivity index (χ0v) is 15.2. The normalized spacial score (nSPS) is 11.2. The molecule has 0 saturated carbocycles. The Balaban J connectivity index is 4.16. The number of ether oxygens (including phenoxy) is 2. The van der Waals surface area contributed by atoms with Gasteiger partial charge in [0.25, 0.3) is 0 Å². The molecule has 0 aliphatic carbocycles. The van der Waals surface area contributed by atoms with Crippen LogP contribution in [-0.2, 0) is 33.4 Å². The highest BCUT2D eigenvalue weighted by atomic mass is 32.1. The zero-order valence-electron chi connectivity index (χ0n) is 14.3. The highest BCUT2D eigenvalue weighted by molar-refractivity contribution is 7.81. The Hall–Kier alpha value is -2.18. The number of aliphatic hydroxyl groups excluding tert-OH is 1. The molecule has 0 aromatic carbocycles. The molecule has 0 bridgehead atoms. The maximum atomic E-state index is 11.7. The number of carbonyl (C=O) groups is 5. The van der Waals surface area contributed by atoms with Crippen molar-refractivity contribution < 1.29 is 38.6 Å². The SMILES string of the molecule is CC(=O)CCC(=O)OCC(NC(=O)CNC(=O)CNC(=O)CS)OCO. The Bertz CT molecular complexity index is 514. The van der Waals surface area contributed by atoms with Crippen molar-refractivity contribution in [1.29, 1.82) is 0 Å². The molecule has 0 aromatic heterocycles. The second-order valence-electron chi connectivity index (χ2n) is 4.95. The zero-order chi connectivity index (χ0) is 19.9. The Kier molecular flexibility index (Phi) is 12.9. The largest absolute Gasteiger partial charge is 0.461 e. The quantitative estimate of drug-likeness (QED) is 0.130. The lowest BCUT2D eigenvalue weighted by Gasteiger charge is -2.18. The van der Waals surface area contributed by atoms with E-state index in [-0.39, 0.29) is 37.5 Å². The van der Waals surface area contributed by atoms with Gasteiger partial charge in [0.05, 0.1) is 25.3 Å². The summed E-state index contributed by atoms with van der Waals surface area (Å²) in [4.78, 5) is 56.3. The lowest BCUT2D eigenvalue weighted by atomic mass is 10.2. The number of hydrogen-bond donors (Lipinski definition) is 5. The Morgan fingerprint density at radius 2 is 1.62 bits per heavy atom. The number of aliphatic hydroxyl groups is 1. The third-order valence-electron chi connectivity index (χ3n) is 2.71. The monoisotopic (exact) mass is 393 g/mol. The van der Waals surface area contributed by atoms with Crippen molar-refractivity contribution in [1.82, 2.24) is 16.0 Å². The van der Waals surface area contributed by atoms with Crippen molar-refractivity contribution in [2.45, 2.75) is 26.0 Å². The molecular weight excluding hydrogens is 370 g/mol. The summed E-state index contributed by atoms with van der Waals surface area (Å²) in [5.74, 6) is -2.59. The van der Waals surface area contributed by atoms with Gasteiger partial charge in [0.2, 0.25) is 17.7 Å². The molecule has 0 aromatic rings. The van der Waals surface area contributed by atoms with Gasteiger partial charge in [0, 0.05) is 6.42 Å². The van der Waals surface area contributed by atoms with Crippen molar-refractivity contribution in [3.05, 3.63) is 0 Å². The molecule has 12 heteroatoms. The third-order valence-corrected chi connectivity index (χ3v) is 3.00. The van der Waals surface area contributed by atoms with Gasteiger partial charge in [0.15, 0.2) is 6.23 Å². The number of thiol groups is 1. The molecule has 0 heterocycles. The first-order valence-corrected chi connectivity index (χ1v) is 8.22. The van der Waals surface area contributed by atoms with E-state index in [1.165, 1.54) is 6.92 Å². The average Bonchev–Trinajstić information content (AvgIpc) is 2.60. The van der Waals surface area contributed by atoms with E-state index in [1.807, 2.05) is 0 Å². The van der Waals surface area contributed by atoms with Gasteiger partial charge in [-0.2, -0.15) is 12.6 Å². The molecule has 4 N–H and O–H groups in total. The standard InChI is InChI=1S/C14H23N3O8S/c1-9(19)2-3-14(23)24-6-13(25-8-18)17-11(21)5-15-10(20)4-16-12(22)7-26/h13,18,26H,2-8H2,1H3,(H,15,20)(H,16,22)(H,17,21). The fraction of sp³-hybridized carbons (Fsp3) is 0.643. The molecule has 0 aliphatic rings. The van der Waals surface area contributed by atoms with E-state index in [0.717, 1.165) is 0 Å². The van der Waals surface area contributed by atoms with Crippen molar-refractivity contribution in [3.63, 3.8) is 0 Å². The molecule has 3 amide bonds. The number of Topliss-reactive ketones (excluding diaryl/α,β-unsaturated/α-hetero) is 1. The molecule has 1 atom stereocenters. The summed E-state index contributed by atoms with van der Waals surface area (Å²) < 4.78 is 9.62. The van der Waals surface area contributed by atoms with E-state index in [4.69, 9.17) is 14.6 Å². The van der Waals surface area contributed by atoms with Crippen LogP contribution in [0.15, 0.2) is 0 Å². The van der Waals surface area contributed by atoms with Crippen LogP contribution in [0.4, 0.5) is 0 Å². The van der Waals surface area contributed by atoms with Crippen LogP contribution in [0.25, 0.3) is 0 Å². The molecule has 0 radical (unpaired) electrons. The Labute approximate surface area is 155 Å². The second-order valence-corrected chi connectivity index (χ2v) is 5.26. The summed E-state index contributed by atoms with van der Waals surface area (Å²) in [6.45, 7) is -0.507. The molecule has 26 heavy (non-hydrogen) atoms. The number of nitrogens with one attached hydrogen (secondary N) is 3. The fourth-order valence-corrected chi connectivity index (χ4v) is 1.56. The van der Waals surface area contributed by atoms with Gasteiger partial charge in [-0.05, 0) is 6.92 Å². The Morgan fingerprint density at radius 1 is 1.00 bits per heavy atom. The molecule has 1 unspecified atom stereocenters. The number of rotatable bonds is 13. The Morgan fingerprint density at radius 3 is 2.19 bits per heavy atom. The van der Waals surface area contributed by atoms with Crippen LogP contribution in [0, 0.1) is 0 Å². The minimum Gasteiger partial charge on any atom is -0.461 e. The maximum absolute atomic E-state index is 11.7. The topological polar surface area (TPSA) is 160 Å². The fourth-order valence-electron chi connectivity index (χ4n) is 1.45. The van der Waals surface area contributed by atoms with E-state index in [1.54, 1.807) is 0 Å². The minimum absolute atomic E-state index is 0.0342. The van der Waals surface area contributed by atoms with Crippen LogP contribution in [0.3, 0.4) is 0 Å². The third kappa shape index (κ3) is 13.1. The van der Waals surface area contributed by atoms with Crippen molar-refractivity contribution in [2.24, 2.45) is 0 Å². The number of carbonyl (C=O) groups excluding carboxylic acids is 5. The number of amides is 3. The van der Waals surface area contributed by atoms with Crippen LogP contribution in [-0.4, -0.2) is 73.1 Å². The van der Waals surface area contributed by atoms with Gasteiger partial charge < -0.3 is 35.3 Å². The van der Waals surface area contributed by atoms with E-state index in [0.29, 0.717) is 0 Å². The predicted octanol–water partition coefficient (Wildman–Crippen LogP) is -2.53. The number of hydrogen-bond acceptors (Lipinski definition) is 9. The molecule has 0 rings (SSSR count). The molecule has 0 aliphatic heterocycles. The van der Waals surface area contributed by atoms with Crippen LogP contribution >= 0.6 is 12.6 Å². The summed E-state index contributed by atoms with van der Waals surface area (Å²) in [6, 6.07) is 0. The van der Waals surface area contributed by atoms with E-state index in [2.05, 4.69) is 28.6 Å². The summed E-state index contributed by atoms with van der Waals surface area (Å²) in [6.07, 6.45) is -1.20. The van der Waals surface area contributed by atoms with Gasteiger partial charge in [-0.3, -0.25) is 19.2 Å². The van der Waals surface area contributed by atoms with E-state index >= 15 is 0 Å². The second kappa shape index (κ2) is 14.0. The summed E-state index contributed by atoms with van der Waals surface area (Å²) in [5.41, 5.74) is 0. The van der Waals surface area contributed by atoms with E-state index < -0.39 is 43.3 Å². The molecule has 0 fully saturated rings. The summed E-state index contributed by atoms with van der Waals surface area (Å²) >= 11 is 3.72. The first-order chi connectivity index (χ1) is 12.3. The predicted molar refractivity (Wildman–Crippen MR) is 90.8 cm³/mol. The van der Waals surface area contributed by atoms with Gasteiger partial charge in [-0.1, -0.05) is 0 Å². The molecule has 148 valence electrons.